The minimum Gasteiger partial charge on any atom is -0.480 e. The SMILES string of the molecule is COC(=O)CN(C(=O)N1C[C@@H](O)C[C@H]1C(=O)O)C(C)C. The number of amides is 2. The molecule has 1 fully saturated rings. The minimum absolute atomic E-state index is 0.00870. The number of β-amino-alcohol motifs (C(OH)–C–C–N with tert-alkyl or cyclic N) is 1. The summed E-state index contributed by atoms with van der Waals surface area (Å²) in [7, 11) is 1.21. The van der Waals surface area contributed by atoms with Gasteiger partial charge in [0.2, 0.25) is 0 Å². The van der Waals surface area contributed by atoms with Gasteiger partial charge in [0.05, 0.1) is 13.2 Å². The number of aliphatic hydroxyl groups is 1. The van der Waals surface area contributed by atoms with Crippen LogP contribution in [-0.2, 0) is 14.3 Å². The molecule has 1 saturated heterocycles. The number of methoxy groups -OCH3 is 1. The third kappa shape index (κ3) is 3.60. The zero-order valence-corrected chi connectivity index (χ0v) is 11.8. The highest BCUT2D eigenvalue weighted by atomic mass is 16.5. The molecule has 1 aliphatic heterocycles. The maximum atomic E-state index is 12.4. The van der Waals surface area contributed by atoms with Crippen LogP contribution in [0.5, 0.6) is 0 Å². The molecule has 8 nitrogen and oxygen atoms in total. The predicted octanol–water partition coefficient (Wildman–Crippen LogP) is -0.490. The molecule has 0 spiro atoms. The molecule has 0 aliphatic carbocycles. The highest BCUT2D eigenvalue weighted by molar-refractivity contribution is 5.86. The third-order valence-electron chi connectivity index (χ3n) is 3.21. The summed E-state index contributed by atoms with van der Waals surface area (Å²) in [6.45, 7) is 3.11. The van der Waals surface area contributed by atoms with Gasteiger partial charge in [-0.25, -0.2) is 9.59 Å². The molecule has 20 heavy (non-hydrogen) atoms. The molecule has 1 heterocycles. The number of aliphatic carboxylic acids is 1. The largest absolute Gasteiger partial charge is 0.480 e. The van der Waals surface area contributed by atoms with E-state index in [-0.39, 0.29) is 25.6 Å². The van der Waals surface area contributed by atoms with Gasteiger partial charge < -0.3 is 24.7 Å². The van der Waals surface area contributed by atoms with E-state index in [0.29, 0.717) is 0 Å². The van der Waals surface area contributed by atoms with E-state index in [1.54, 1.807) is 13.8 Å². The Kier molecular flexibility index (Phi) is 5.32. The Hall–Kier alpha value is -1.83. The van der Waals surface area contributed by atoms with Gasteiger partial charge >= 0.3 is 18.0 Å². The second-order valence-electron chi connectivity index (χ2n) is 4.98. The van der Waals surface area contributed by atoms with Crippen LogP contribution >= 0.6 is 0 Å². The van der Waals surface area contributed by atoms with Crippen molar-refractivity contribution >= 4 is 18.0 Å². The first kappa shape index (κ1) is 16.2. The Morgan fingerprint density at radius 1 is 1.40 bits per heavy atom. The molecule has 0 radical (unpaired) electrons. The maximum Gasteiger partial charge on any atom is 0.326 e. The summed E-state index contributed by atoms with van der Waals surface area (Å²) in [5, 5.41) is 18.6. The summed E-state index contributed by atoms with van der Waals surface area (Å²) in [5.41, 5.74) is 0. The van der Waals surface area contributed by atoms with E-state index in [0.717, 1.165) is 4.90 Å². The van der Waals surface area contributed by atoms with Crippen LogP contribution in [0.1, 0.15) is 20.3 Å². The van der Waals surface area contributed by atoms with Crippen LogP contribution in [0.3, 0.4) is 0 Å². The first-order valence-corrected chi connectivity index (χ1v) is 6.32. The summed E-state index contributed by atoms with van der Waals surface area (Å²) in [6.07, 6.45) is -0.877. The summed E-state index contributed by atoms with van der Waals surface area (Å²) >= 11 is 0. The Morgan fingerprint density at radius 2 is 2.00 bits per heavy atom. The van der Waals surface area contributed by atoms with Crippen molar-refractivity contribution in [3.8, 4) is 0 Å². The fourth-order valence-corrected chi connectivity index (χ4v) is 2.10. The van der Waals surface area contributed by atoms with Gasteiger partial charge in [-0.15, -0.1) is 0 Å². The molecule has 2 amide bonds. The predicted molar refractivity (Wildman–Crippen MR) is 68.0 cm³/mol. The zero-order chi connectivity index (χ0) is 15.4. The molecule has 0 aromatic rings. The number of urea groups is 1. The summed E-state index contributed by atoms with van der Waals surface area (Å²) in [5.74, 6) is -1.75. The summed E-state index contributed by atoms with van der Waals surface area (Å²) in [4.78, 5) is 37.1. The van der Waals surface area contributed by atoms with E-state index in [1.165, 1.54) is 12.0 Å². The molecular weight excluding hydrogens is 268 g/mol. The average molecular weight is 288 g/mol. The Morgan fingerprint density at radius 3 is 2.45 bits per heavy atom. The van der Waals surface area contributed by atoms with Crippen molar-refractivity contribution in [3.63, 3.8) is 0 Å². The van der Waals surface area contributed by atoms with E-state index >= 15 is 0 Å². The standard InChI is InChI=1S/C12H20N2O6/c1-7(2)13(6-10(16)20-3)12(19)14-5-8(15)4-9(14)11(17)18/h7-9,15H,4-6H2,1-3H3,(H,17,18)/t8-,9-/m0/s1. The average Bonchev–Trinajstić information content (AvgIpc) is 2.76. The number of carboxylic acids is 1. The van der Waals surface area contributed by atoms with Crippen molar-refractivity contribution < 1.29 is 29.3 Å². The van der Waals surface area contributed by atoms with Crippen LogP contribution in [0.25, 0.3) is 0 Å². The monoisotopic (exact) mass is 288 g/mol. The van der Waals surface area contributed by atoms with Crippen LogP contribution < -0.4 is 0 Å². The normalized spacial score (nSPS) is 21.9. The Balaban J connectivity index is 2.88. The van der Waals surface area contributed by atoms with Gasteiger partial charge in [-0.2, -0.15) is 0 Å². The highest BCUT2D eigenvalue weighted by Crippen LogP contribution is 2.20. The number of likely N-dealkylation sites (tertiary alicyclic amines) is 1. The first-order valence-electron chi connectivity index (χ1n) is 6.32. The number of hydrogen-bond acceptors (Lipinski definition) is 5. The molecule has 0 saturated carbocycles. The molecule has 2 N–H and O–H groups in total. The van der Waals surface area contributed by atoms with Gasteiger partial charge in [0, 0.05) is 19.0 Å². The van der Waals surface area contributed by atoms with E-state index in [9.17, 15) is 19.5 Å². The molecule has 114 valence electrons. The number of aliphatic hydroxyl groups excluding tert-OH is 1. The van der Waals surface area contributed by atoms with Gasteiger partial charge in [-0.3, -0.25) is 4.79 Å². The highest BCUT2D eigenvalue weighted by Gasteiger charge is 2.41. The zero-order valence-electron chi connectivity index (χ0n) is 11.8. The number of hydrogen-bond donors (Lipinski definition) is 2. The fourth-order valence-electron chi connectivity index (χ4n) is 2.10. The molecule has 8 heteroatoms. The van der Waals surface area contributed by atoms with E-state index in [4.69, 9.17) is 5.11 Å². The number of rotatable bonds is 4. The van der Waals surface area contributed by atoms with Gasteiger partial charge in [0.25, 0.3) is 0 Å². The van der Waals surface area contributed by atoms with Crippen molar-refractivity contribution in [1.82, 2.24) is 9.80 Å². The molecule has 0 unspecified atom stereocenters. The van der Waals surface area contributed by atoms with Crippen LogP contribution in [0.15, 0.2) is 0 Å². The molecular formula is C12H20N2O6. The quantitative estimate of drug-likeness (QED) is 0.676. The summed E-state index contributed by atoms with van der Waals surface area (Å²) < 4.78 is 4.52. The van der Waals surface area contributed by atoms with E-state index < -0.39 is 30.1 Å². The summed E-state index contributed by atoms with van der Waals surface area (Å²) in [6, 6.07) is -1.96. The molecule has 0 aromatic heterocycles. The first-order chi connectivity index (χ1) is 9.27. The fraction of sp³-hybridized carbons (Fsp3) is 0.750. The molecule has 2 atom stereocenters. The van der Waals surface area contributed by atoms with Crippen LogP contribution in [0.4, 0.5) is 4.79 Å². The number of carboxylic acid groups (broad SMARTS) is 1. The number of carbonyl (C=O) groups excluding carboxylic acids is 2. The number of nitrogens with zero attached hydrogens (tertiary/aromatic N) is 2. The number of carbonyl (C=O) groups is 3. The van der Waals surface area contributed by atoms with E-state index in [1.807, 2.05) is 0 Å². The second kappa shape index (κ2) is 6.56. The van der Waals surface area contributed by atoms with Crippen molar-refractivity contribution in [2.75, 3.05) is 20.2 Å². The molecule has 0 bridgehead atoms. The maximum absolute atomic E-state index is 12.4. The van der Waals surface area contributed by atoms with Crippen LogP contribution in [0.2, 0.25) is 0 Å². The van der Waals surface area contributed by atoms with Gasteiger partial charge in [0.1, 0.15) is 12.6 Å². The molecule has 1 aliphatic rings. The second-order valence-corrected chi connectivity index (χ2v) is 4.98. The number of ether oxygens (including phenoxy) is 1. The lowest BCUT2D eigenvalue weighted by molar-refractivity contribution is -0.142. The van der Waals surface area contributed by atoms with Crippen LogP contribution in [0, 0.1) is 0 Å². The van der Waals surface area contributed by atoms with Gasteiger partial charge in [-0.05, 0) is 13.8 Å². The Labute approximate surface area is 116 Å². The van der Waals surface area contributed by atoms with Crippen molar-refractivity contribution in [2.24, 2.45) is 0 Å². The lowest BCUT2D eigenvalue weighted by Gasteiger charge is -2.32. The van der Waals surface area contributed by atoms with Crippen molar-refractivity contribution in [2.45, 2.75) is 38.5 Å². The van der Waals surface area contributed by atoms with Crippen molar-refractivity contribution in [1.29, 1.82) is 0 Å². The van der Waals surface area contributed by atoms with Crippen molar-refractivity contribution in [3.05, 3.63) is 0 Å². The Bertz CT molecular complexity index is 397. The van der Waals surface area contributed by atoms with E-state index in [2.05, 4.69) is 4.74 Å². The smallest absolute Gasteiger partial charge is 0.326 e. The lowest BCUT2D eigenvalue weighted by atomic mass is 10.2. The van der Waals surface area contributed by atoms with Gasteiger partial charge in [0.15, 0.2) is 0 Å². The lowest BCUT2D eigenvalue weighted by Crippen LogP contribution is -2.52. The molecule has 0 aromatic carbocycles. The topological polar surface area (TPSA) is 107 Å². The minimum atomic E-state index is -1.17. The van der Waals surface area contributed by atoms with Gasteiger partial charge in [-0.1, -0.05) is 0 Å². The third-order valence-corrected chi connectivity index (χ3v) is 3.21. The molecule has 1 rings (SSSR count). The van der Waals surface area contributed by atoms with Crippen LogP contribution in [-0.4, -0.2) is 76.4 Å². The number of esters is 1.